The fourth-order valence-corrected chi connectivity index (χ4v) is 2.55. The third-order valence-corrected chi connectivity index (χ3v) is 3.53. The number of hydrogen-bond donors (Lipinski definition) is 1. The lowest BCUT2D eigenvalue weighted by atomic mass is 10.0. The molecular weight excluding hydrogens is 315 g/mol. The molecule has 0 spiro atoms. The maximum absolute atomic E-state index is 11.8. The maximum atomic E-state index is 11.8. The Kier molecular flexibility index (Phi) is 5.68. The Morgan fingerprint density at radius 3 is 2.76 bits per heavy atom. The van der Waals surface area contributed by atoms with E-state index in [1.54, 1.807) is 18.2 Å². The van der Waals surface area contributed by atoms with Crippen molar-refractivity contribution < 1.29 is 14.3 Å². The number of nitriles is 1. The highest BCUT2D eigenvalue weighted by Crippen LogP contribution is 2.24. The lowest BCUT2D eigenvalue weighted by Gasteiger charge is -2.16. The molecule has 7 heteroatoms. The quantitative estimate of drug-likeness (QED) is 0.900. The van der Waals surface area contributed by atoms with Crippen molar-refractivity contribution in [2.24, 2.45) is 5.92 Å². The molecule has 1 heterocycles. The molecule has 1 aromatic carbocycles. The van der Waals surface area contributed by atoms with Crippen LogP contribution in [0.2, 0.25) is 10.0 Å². The predicted molar refractivity (Wildman–Crippen MR) is 78.4 cm³/mol. The Bertz CT molecular complexity index is 533. The fraction of sp³-hybridized carbons (Fsp3) is 0.429. The van der Waals surface area contributed by atoms with Gasteiger partial charge in [-0.1, -0.05) is 23.2 Å². The molecule has 112 valence electrons. The van der Waals surface area contributed by atoms with Gasteiger partial charge in [0.15, 0.2) is 6.61 Å². The summed E-state index contributed by atoms with van der Waals surface area (Å²) >= 11 is 11.7. The standard InChI is InChI=1S/C14H14Cl2N2O3/c15-10-3-11(16)5-12(4-10)21-8-14(19)18-13(6-17)9-1-2-20-7-9/h3-5,9,13H,1-2,7-8H2,(H,18,19). The molecule has 0 radical (unpaired) electrons. The van der Waals surface area contributed by atoms with Crippen molar-refractivity contribution in [1.82, 2.24) is 5.32 Å². The minimum atomic E-state index is -0.563. The zero-order valence-electron chi connectivity index (χ0n) is 11.1. The van der Waals surface area contributed by atoms with Crippen LogP contribution in [0.3, 0.4) is 0 Å². The molecule has 1 aliphatic rings. The number of rotatable bonds is 5. The van der Waals surface area contributed by atoms with Crippen molar-refractivity contribution >= 4 is 29.1 Å². The van der Waals surface area contributed by atoms with E-state index in [1.807, 2.05) is 0 Å². The summed E-state index contributed by atoms with van der Waals surface area (Å²) in [5.74, 6) is 0.0597. The van der Waals surface area contributed by atoms with Gasteiger partial charge in [-0.05, 0) is 24.6 Å². The van der Waals surface area contributed by atoms with Crippen molar-refractivity contribution in [3.8, 4) is 11.8 Å². The SMILES string of the molecule is N#CC(NC(=O)COc1cc(Cl)cc(Cl)c1)C1CCOC1. The number of benzene rings is 1. The summed E-state index contributed by atoms with van der Waals surface area (Å²) in [4.78, 5) is 11.8. The first-order valence-electron chi connectivity index (χ1n) is 6.44. The number of carbonyl (C=O) groups is 1. The van der Waals surface area contributed by atoms with Gasteiger partial charge in [0.1, 0.15) is 11.8 Å². The summed E-state index contributed by atoms with van der Waals surface area (Å²) in [6.45, 7) is 0.905. The molecule has 1 aliphatic heterocycles. The highest BCUT2D eigenvalue weighted by Gasteiger charge is 2.27. The summed E-state index contributed by atoms with van der Waals surface area (Å²) in [6.07, 6.45) is 0.767. The number of carbonyl (C=O) groups excluding carboxylic acids is 1. The monoisotopic (exact) mass is 328 g/mol. The highest BCUT2D eigenvalue weighted by atomic mass is 35.5. The number of halogens is 2. The van der Waals surface area contributed by atoms with Crippen LogP contribution in [-0.2, 0) is 9.53 Å². The smallest absolute Gasteiger partial charge is 0.258 e. The van der Waals surface area contributed by atoms with Crippen molar-refractivity contribution in [1.29, 1.82) is 5.26 Å². The Labute approximate surface area is 132 Å². The summed E-state index contributed by atoms with van der Waals surface area (Å²) in [7, 11) is 0. The predicted octanol–water partition coefficient (Wildman–Crippen LogP) is 2.42. The van der Waals surface area contributed by atoms with Crippen LogP contribution in [0, 0.1) is 17.2 Å². The van der Waals surface area contributed by atoms with Gasteiger partial charge in [-0.3, -0.25) is 4.79 Å². The molecule has 2 rings (SSSR count). The van der Waals surface area contributed by atoms with Gasteiger partial charge >= 0.3 is 0 Å². The first kappa shape index (κ1) is 15.9. The van der Waals surface area contributed by atoms with E-state index in [0.29, 0.717) is 29.0 Å². The van der Waals surface area contributed by atoms with Crippen LogP contribution in [0.25, 0.3) is 0 Å². The first-order valence-corrected chi connectivity index (χ1v) is 7.19. The number of ether oxygens (including phenoxy) is 2. The minimum absolute atomic E-state index is 0.0274. The number of amides is 1. The molecule has 1 saturated heterocycles. The van der Waals surface area contributed by atoms with Crippen LogP contribution in [0.4, 0.5) is 0 Å². The second-order valence-corrected chi connectivity index (χ2v) is 5.56. The van der Waals surface area contributed by atoms with Gasteiger partial charge in [0.05, 0.1) is 12.7 Å². The molecular formula is C14H14Cl2N2O3. The Hall–Kier alpha value is -1.48. The van der Waals surface area contributed by atoms with Crippen molar-refractivity contribution in [3.05, 3.63) is 28.2 Å². The average Bonchev–Trinajstić information content (AvgIpc) is 2.95. The molecule has 1 fully saturated rings. The molecule has 0 aliphatic carbocycles. The summed E-state index contributed by atoms with van der Waals surface area (Å²) in [6, 6.07) is 6.22. The van der Waals surface area contributed by atoms with E-state index in [2.05, 4.69) is 11.4 Å². The third-order valence-electron chi connectivity index (χ3n) is 3.10. The summed E-state index contributed by atoms with van der Waals surface area (Å²) in [5.41, 5.74) is 0. The molecule has 1 N–H and O–H groups in total. The van der Waals surface area contributed by atoms with Crippen molar-refractivity contribution in [3.63, 3.8) is 0 Å². The molecule has 0 bridgehead atoms. The second-order valence-electron chi connectivity index (χ2n) is 4.69. The van der Waals surface area contributed by atoms with Gasteiger partial charge in [0.25, 0.3) is 5.91 Å². The molecule has 1 aromatic rings. The van der Waals surface area contributed by atoms with E-state index in [0.717, 1.165) is 6.42 Å². The van der Waals surface area contributed by atoms with E-state index >= 15 is 0 Å². The Morgan fingerprint density at radius 1 is 1.48 bits per heavy atom. The largest absolute Gasteiger partial charge is 0.484 e. The zero-order valence-corrected chi connectivity index (χ0v) is 12.7. The van der Waals surface area contributed by atoms with Gasteiger partial charge in [0.2, 0.25) is 0 Å². The lowest BCUT2D eigenvalue weighted by molar-refractivity contribution is -0.123. The van der Waals surface area contributed by atoms with Crippen molar-refractivity contribution in [2.75, 3.05) is 19.8 Å². The molecule has 2 unspecified atom stereocenters. The van der Waals surface area contributed by atoms with Crippen LogP contribution in [-0.4, -0.2) is 31.8 Å². The van der Waals surface area contributed by atoms with Gasteiger partial charge in [-0.15, -0.1) is 0 Å². The van der Waals surface area contributed by atoms with Gasteiger partial charge in [-0.2, -0.15) is 5.26 Å². The van der Waals surface area contributed by atoms with Gasteiger partial charge in [-0.25, -0.2) is 0 Å². The normalized spacial score (nSPS) is 18.8. The number of nitrogens with one attached hydrogen (secondary N) is 1. The third kappa shape index (κ3) is 4.78. The average molecular weight is 329 g/mol. The van der Waals surface area contributed by atoms with Crippen LogP contribution >= 0.6 is 23.2 Å². The highest BCUT2D eigenvalue weighted by molar-refractivity contribution is 6.34. The topological polar surface area (TPSA) is 71.4 Å². The van der Waals surface area contributed by atoms with E-state index < -0.39 is 6.04 Å². The van der Waals surface area contributed by atoms with Gasteiger partial charge in [0, 0.05) is 22.6 Å². The minimum Gasteiger partial charge on any atom is -0.484 e. The maximum Gasteiger partial charge on any atom is 0.258 e. The molecule has 5 nitrogen and oxygen atoms in total. The molecule has 0 aromatic heterocycles. The van der Waals surface area contributed by atoms with Crippen LogP contribution in [0.5, 0.6) is 5.75 Å². The summed E-state index contributed by atoms with van der Waals surface area (Å²) < 4.78 is 10.5. The second kappa shape index (κ2) is 7.51. The van der Waals surface area contributed by atoms with Crippen LogP contribution < -0.4 is 10.1 Å². The van der Waals surface area contributed by atoms with E-state index in [4.69, 9.17) is 37.9 Å². The molecule has 2 atom stereocenters. The van der Waals surface area contributed by atoms with Crippen LogP contribution in [0.15, 0.2) is 18.2 Å². The summed E-state index contributed by atoms with van der Waals surface area (Å²) in [5, 5.41) is 12.6. The van der Waals surface area contributed by atoms with E-state index in [9.17, 15) is 4.79 Å². The number of hydrogen-bond acceptors (Lipinski definition) is 4. The molecule has 0 saturated carbocycles. The first-order chi connectivity index (χ1) is 10.1. The van der Waals surface area contributed by atoms with E-state index in [1.165, 1.54) is 0 Å². The number of nitrogens with zero attached hydrogens (tertiary/aromatic N) is 1. The van der Waals surface area contributed by atoms with E-state index in [-0.39, 0.29) is 18.4 Å². The lowest BCUT2D eigenvalue weighted by Crippen LogP contribution is -2.41. The Morgan fingerprint density at radius 2 is 2.19 bits per heavy atom. The molecule has 1 amide bonds. The van der Waals surface area contributed by atoms with Crippen LogP contribution in [0.1, 0.15) is 6.42 Å². The Balaban J connectivity index is 1.85. The fourth-order valence-electron chi connectivity index (χ4n) is 2.05. The molecule has 21 heavy (non-hydrogen) atoms. The zero-order chi connectivity index (χ0) is 15.2. The van der Waals surface area contributed by atoms with Gasteiger partial charge < -0.3 is 14.8 Å². The van der Waals surface area contributed by atoms with Crippen molar-refractivity contribution in [2.45, 2.75) is 12.5 Å².